The maximum Gasteiger partial charge on any atom is -0.0533 e. The van der Waals surface area contributed by atoms with Gasteiger partial charge in [-0.2, -0.15) is 0 Å². The zero-order chi connectivity index (χ0) is 35.7. The van der Waals surface area contributed by atoms with Gasteiger partial charge in [0.05, 0.1) is 0 Å². The van der Waals surface area contributed by atoms with Crippen molar-refractivity contribution in [3.8, 4) is 0 Å². The molecule has 294 valence electrons. The van der Waals surface area contributed by atoms with Gasteiger partial charge in [0.1, 0.15) is 0 Å². The van der Waals surface area contributed by atoms with Crippen molar-refractivity contribution in [1.29, 1.82) is 0 Å². The highest BCUT2D eigenvalue weighted by Crippen LogP contribution is 2.15. The average molecular weight is 679 g/mol. The van der Waals surface area contributed by atoms with Crippen LogP contribution in [0.2, 0.25) is 0 Å². The topological polar surface area (TPSA) is 0 Å². The maximum absolute atomic E-state index is 2.29. The van der Waals surface area contributed by atoms with Crippen LogP contribution in [0.3, 0.4) is 0 Å². The molecule has 0 saturated heterocycles. The van der Waals surface area contributed by atoms with Crippen LogP contribution in [0.15, 0.2) is 0 Å². The highest BCUT2D eigenvalue weighted by molar-refractivity contribution is 4.51. The van der Waals surface area contributed by atoms with Gasteiger partial charge in [0.25, 0.3) is 0 Å². The predicted octanol–water partition coefficient (Wildman–Crippen LogP) is 19.5. The predicted molar refractivity (Wildman–Crippen MR) is 228 cm³/mol. The Labute approximate surface area is 310 Å². The number of hydrogen-bond donors (Lipinski definition) is 0. The Morgan fingerprint density at radius 3 is 0.229 bits per heavy atom. The molecule has 0 atom stereocenters. The average Bonchev–Trinajstić information content (AvgIpc) is 3.10. The third kappa shape index (κ3) is 61.2. The van der Waals surface area contributed by atoms with E-state index in [-0.39, 0.29) is 0 Å². The van der Waals surface area contributed by atoms with Crippen molar-refractivity contribution in [3.05, 3.63) is 0 Å². The van der Waals surface area contributed by atoms with E-state index < -0.39 is 0 Å². The van der Waals surface area contributed by atoms with Gasteiger partial charge in [-0.15, -0.1) is 0 Å². The molecule has 0 aromatic carbocycles. The first-order chi connectivity index (χ1) is 23.7. The van der Waals surface area contributed by atoms with Gasteiger partial charge in [-0.1, -0.05) is 311 Å². The summed E-state index contributed by atoms with van der Waals surface area (Å²) >= 11 is 0. The van der Waals surface area contributed by atoms with E-state index in [1.165, 1.54) is 270 Å². The molecule has 0 unspecified atom stereocenters. The van der Waals surface area contributed by atoms with E-state index in [0.717, 1.165) is 0 Å². The summed E-state index contributed by atoms with van der Waals surface area (Å²) in [7, 11) is 0. The molecule has 0 aliphatic heterocycles. The van der Waals surface area contributed by atoms with E-state index in [9.17, 15) is 0 Å². The second kappa shape index (κ2) is 56.4. The summed E-state index contributed by atoms with van der Waals surface area (Å²) in [5.74, 6) is 0. The summed E-state index contributed by atoms with van der Waals surface area (Å²) in [5.41, 5.74) is 0. The molecule has 0 aliphatic carbocycles. The minimum atomic E-state index is 1.37. The van der Waals surface area contributed by atoms with E-state index in [2.05, 4.69) is 41.5 Å². The lowest BCUT2D eigenvalue weighted by Gasteiger charge is -2.02. The van der Waals surface area contributed by atoms with Gasteiger partial charge in [0, 0.05) is 0 Å². The monoisotopic (exact) mass is 679 g/mol. The van der Waals surface area contributed by atoms with Crippen molar-refractivity contribution in [1.82, 2.24) is 0 Å². The molecule has 0 N–H and O–H groups in total. The Morgan fingerprint density at radius 2 is 0.167 bits per heavy atom. The summed E-state index contributed by atoms with van der Waals surface area (Å²) in [6, 6.07) is 0. The van der Waals surface area contributed by atoms with Crippen LogP contribution in [0.5, 0.6) is 0 Å². The quantitative estimate of drug-likeness (QED) is 0.0568. The van der Waals surface area contributed by atoms with Crippen molar-refractivity contribution in [2.24, 2.45) is 0 Å². The molecule has 0 heterocycles. The number of hydrogen-bond acceptors (Lipinski definition) is 0. The molecular formula is C48H102. The molecule has 0 radical (unpaired) electrons. The minimum Gasteiger partial charge on any atom is -0.0654 e. The van der Waals surface area contributed by atoms with Crippen LogP contribution >= 0.6 is 0 Å². The van der Waals surface area contributed by atoms with Crippen LogP contribution < -0.4 is 0 Å². The SMILES string of the molecule is CCCCCCCCCCCCCC.CCCCCCCCCCCCCCCCC.CCCCCCCCCCCCCCCCC. The number of unbranched alkanes of at least 4 members (excludes halogenated alkanes) is 39. The van der Waals surface area contributed by atoms with Crippen LogP contribution in [0.4, 0.5) is 0 Å². The molecule has 0 saturated carbocycles. The fourth-order valence-corrected chi connectivity index (χ4v) is 6.80. The molecule has 0 rings (SSSR count). The lowest BCUT2D eigenvalue weighted by molar-refractivity contribution is 0.534. The molecule has 0 aromatic heterocycles. The fourth-order valence-electron chi connectivity index (χ4n) is 6.80. The van der Waals surface area contributed by atoms with Gasteiger partial charge in [0.15, 0.2) is 0 Å². The zero-order valence-electron chi connectivity index (χ0n) is 35.7. The van der Waals surface area contributed by atoms with Crippen LogP contribution in [-0.2, 0) is 0 Å². The van der Waals surface area contributed by atoms with Crippen molar-refractivity contribution >= 4 is 0 Å². The van der Waals surface area contributed by atoms with Gasteiger partial charge < -0.3 is 0 Å². The first kappa shape index (κ1) is 52.4. The molecule has 0 amide bonds. The second-order valence-corrected chi connectivity index (χ2v) is 15.7. The Kier molecular flexibility index (Phi) is 61.5. The van der Waals surface area contributed by atoms with E-state index in [1.807, 2.05) is 0 Å². The molecule has 0 heteroatoms. The molecule has 0 aromatic rings. The minimum absolute atomic E-state index is 1.37. The van der Waals surface area contributed by atoms with Gasteiger partial charge in [-0.05, 0) is 0 Å². The van der Waals surface area contributed by atoms with E-state index in [0.29, 0.717) is 0 Å². The van der Waals surface area contributed by atoms with Gasteiger partial charge in [-0.3, -0.25) is 0 Å². The maximum atomic E-state index is 2.29. The van der Waals surface area contributed by atoms with Gasteiger partial charge >= 0.3 is 0 Å². The largest absolute Gasteiger partial charge is 0.0654 e. The Hall–Kier alpha value is 0. The van der Waals surface area contributed by atoms with Crippen LogP contribution in [-0.4, -0.2) is 0 Å². The van der Waals surface area contributed by atoms with Gasteiger partial charge in [0.2, 0.25) is 0 Å². The lowest BCUT2D eigenvalue weighted by Crippen LogP contribution is -1.82. The summed E-state index contributed by atoms with van der Waals surface area (Å²) < 4.78 is 0. The Morgan fingerprint density at radius 1 is 0.104 bits per heavy atom. The highest BCUT2D eigenvalue weighted by atomic mass is 14.0. The van der Waals surface area contributed by atoms with Crippen molar-refractivity contribution < 1.29 is 0 Å². The molecule has 0 spiro atoms. The fraction of sp³-hybridized carbons (Fsp3) is 1.00. The van der Waals surface area contributed by atoms with E-state index >= 15 is 0 Å². The normalized spacial score (nSPS) is 10.9. The first-order valence-electron chi connectivity index (χ1n) is 23.7. The van der Waals surface area contributed by atoms with Crippen LogP contribution in [0, 0.1) is 0 Å². The van der Waals surface area contributed by atoms with E-state index in [1.54, 1.807) is 0 Å². The Bertz CT molecular complexity index is 383. The van der Waals surface area contributed by atoms with E-state index in [4.69, 9.17) is 0 Å². The first-order valence-corrected chi connectivity index (χ1v) is 23.7. The molecule has 0 aliphatic rings. The number of rotatable bonds is 39. The highest BCUT2D eigenvalue weighted by Gasteiger charge is 1.95. The summed E-state index contributed by atoms with van der Waals surface area (Å²) in [6.07, 6.45) is 61.3. The van der Waals surface area contributed by atoms with Gasteiger partial charge in [-0.25, -0.2) is 0 Å². The molecular weight excluding hydrogens is 577 g/mol. The summed E-state index contributed by atoms with van der Waals surface area (Å²) in [6.45, 7) is 13.7. The smallest absolute Gasteiger partial charge is 0.0533 e. The molecule has 48 heavy (non-hydrogen) atoms. The third-order valence-corrected chi connectivity index (χ3v) is 10.4. The molecule has 0 nitrogen and oxygen atoms in total. The Balaban J connectivity index is -0.000000637. The second-order valence-electron chi connectivity index (χ2n) is 15.7. The zero-order valence-corrected chi connectivity index (χ0v) is 35.7. The van der Waals surface area contributed by atoms with Crippen molar-refractivity contribution in [3.63, 3.8) is 0 Å². The van der Waals surface area contributed by atoms with Crippen molar-refractivity contribution in [2.75, 3.05) is 0 Å². The third-order valence-electron chi connectivity index (χ3n) is 10.4. The molecule has 0 bridgehead atoms. The lowest BCUT2D eigenvalue weighted by atomic mass is 10.0. The summed E-state index contributed by atoms with van der Waals surface area (Å²) in [5, 5.41) is 0. The van der Waals surface area contributed by atoms with Crippen molar-refractivity contribution in [2.45, 2.75) is 311 Å². The van der Waals surface area contributed by atoms with Crippen LogP contribution in [0.1, 0.15) is 311 Å². The standard InChI is InChI=1S/2C17H36.C14H30/c2*1-3-5-7-9-11-13-15-17-16-14-12-10-8-6-4-2;1-3-5-7-9-11-13-14-12-10-8-6-4-2/h2*3-17H2,1-2H3;3-14H2,1-2H3. The summed E-state index contributed by atoms with van der Waals surface area (Å²) in [4.78, 5) is 0. The van der Waals surface area contributed by atoms with Crippen LogP contribution in [0.25, 0.3) is 0 Å². The molecule has 0 fully saturated rings.